The highest BCUT2D eigenvalue weighted by atomic mass is 14.8. The maximum atomic E-state index is 8.77. The van der Waals surface area contributed by atoms with Crippen LogP contribution in [-0.4, -0.2) is 5.54 Å². The molecule has 0 spiro atoms. The fourth-order valence-corrected chi connectivity index (χ4v) is 2.51. The fraction of sp³-hybridized carbons (Fsp3) is 0.875. The minimum atomic E-state index is -0.442. The Balaban J connectivity index is 2.24. The Kier molecular flexibility index (Phi) is 1.07. The highest BCUT2D eigenvalue weighted by Gasteiger charge is 2.48. The van der Waals surface area contributed by atoms with E-state index in [9.17, 15) is 0 Å². The summed E-state index contributed by atoms with van der Waals surface area (Å²) in [7, 11) is 0. The van der Waals surface area contributed by atoms with Gasteiger partial charge in [0.05, 0.1) is 6.07 Å². The first-order valence-electron chi connectivity index (χ1n) is 3.95. The molecule has 2 fully saturated rings. The van der Waals surface area contributed by atoms with E-state index in [4.69, 9.17) is 11.0 Å². The molecular weight excluding hydrogens is 124 g/mol. The van der Waals surface area contributed by atoms with Crippen LogP contribution in [0.4, 0.5) is 0 Å². The molecule has 10 heavy (non-hydrogen) atoms. The highest BCUT2D eigenvalue weighted by Crippen LogP contribution is 2.49. The van der Waals surface area contributed by atoms with E-state index in [0.717, 1.165) is 12.3 Å². The molecule has 2 rings (SSSR count). The Hall–Kier alpha value is -0.550. The maximum Gasteiger partial charge on any atom is 0.107 e. The van der Waals surface area contributed by atoms with E-state index in [-0.39, 0.29) is 0 Å². The van der Waals surface area contributed by atoms with Crippen LogP contribution in [0.1, 0.15) is 25.7 Å². The summed E-state index contributed by atoms with van der Waals surface area (Å²) >= 11 is 0. The largest absolute Gasteiger partial charge is 0.313 e. The lowest BCUT2D eigenvalue weighted by molar-refractivity contribution is 0.342. The monoisotopic (exact) mass is 136 g/mol. The zero-order chi connectivity index (χ0) is 7.19. The number of nitriles is 1. The molecule has 0 aromatic rings. The number of rotatable bonds is 0. The molecule has 54 valence electrons. The molecule has 0 radical (unpaired) electrons. The minimum Gasteiger partial charge on any atom is -0.313 e. The van der Waals surface area contributed by atoms with E-state index in [1.54, 1.807) is 0 Å². The van der Waals surface area contributed by atoms with Gasteiger partial charge in [-0.1, -0.05) is 0 Å². The van der Waals surface area contributed by atoms with Gasteiger partial charge in [-0.25, -0.2) is 0 Å². The molecular formula is C8H12N2. The number of hydrogen-bond donors (Lipinski definition) is 1. The molecule has 2 bridgehead atoms. The van der Waals surface area contributed by atoms with Crippen LogP contribution in [0.2, 0.25) is 0 Å². The van der Waals surface area contributed by atoms with E-state index < -0.39 is 5.54 Å². The zero-order valence-corrected chi connectivity index (χ0v) is 6.01. The van der Waals surface area contributed by atoms with Gasteiger partial charge in [0, 0.05) is 0 Å². The second-order valence-electron chi connectivity index (χ2n) is 3.73. The summed E-state index contributed by atoms with van der Waals surface area (Å²) in [6.45, 7) is 0. The van der Waals surface area contributed by atoms with E-state index >= 15 is 0 Å². The Morgan fingerprint density at radius 2 is 2.30 bits per heavy atom. The molecule has 2 heteroatoms. The predicted molar refractivity (Wildman–Crippen MR) is 38.0 cm³/mol. The van der Waals surface area contributed by atoms with Gasteiger partial charge < -0.3 is 5.73 Å². The van der Waals surface area contributed by atoms with Crippen molar-refractivity contribution in [2.24, 2.45) is 17.6 Å². The van der Waals surface area contributed by atoms with Crippen LogP contribution < -0.4 is 5.73 Å². The van der Waals surface area contributed by atoms with Gasteiger partial charge in [-0.05, 0) is 37.5 Å². The van der Waals surface area contributed by atoms with Crippen molar-refractivity contribution in [1.82, 2.24) is 0 Å². The lowest BCUT2D eigenvalue weighted by Crippen LogP contribution is -2.43. The second kappa shape index (κ2) is 1.73. The molecule has 0 aromatic carbocycles. The Bertz CT molecular complexity index is 194. The molecule has 0 saturated heterocycles. The van der Waals surface area contributed by atoms with Gasteiger partial charge >= 0.3 is 0 Å². The summed E-state index contributed by atoms with van der Waals surface area (Å²) in [5.74, 6) is 1.29. The van der Waals surface area contributed by atoms with E-state index in [1.807, 2.05) is 0 Å². The van der Waals surface area contributed by atoms with Crippen molar-refractivity contribution in [3.05, 3.63) is 0 Å². The van der Waals surface area contributed by atoms with Crippen LogP contribution in [-0.2, 0) is 0 Å². The molecule has 2 nitrogen and oxygen atoms in total. The van der Waals surface area contributed by atoms with Gasteiger partial charge in [0.1, 0.15) is 5.54 Å². The SMILES string of the molecule is N#CC1(N)CC2CCC1C2. The number of hydrogen-bond acceptors (Lipinski definition) is 2. The quantitative estimate of drug-likeness (QED) is 0.540. The zero-order valence-electron chi connectivity index (χ0n) is 6.01. The summed E-state index contributed by atoms with van der Waals surface area (Å²) in [5.41, 5.74) is 5.44. The minimum absolute atomic E-state index is 0.442. The molecule has 0 heterocycles. The topological polar surface area (TPSA) is 49.8 Å². The van der Waals surface area contributed by atoms with Crippen LogP contribution in [0.15, 0.2) is 0 Å². The second-order valence-corrected chi connectivity index (χ2v) is 3.73. The third kappa shape index (κ3) is 0.615. The summed E-state index contributed by atoms with van der Waals surface area (Å²) in [4.78, 5) is 0. The van der Waals surface area contributed by atoms with Crippen molar-refractivity contribution in [2.45, 2.75) is 31.2 Å². The van der Waals surface area contributed by atoms with Crippen LogP contribution in [0.5, 0.6) is 0 Å². The van der Waals surface area contributed by atoms with Crippen molar-refractivity contribution in [2.75, 3.05) is 0 Å². The molecule has 3 unspecified atom stereocenters. The van der Waals surface area contributed by atoms with Crippen molar-refractivity contribution in [3.63, 3.8) is 0 Å². The molecule has 2 N–H and O–H groups in total. The molecule has 0 aliphatic heterocycles. The van der Waals surface area contributed by atoms with Crippen molar-refractivity contribution >= 4 is 0 Å². The van der Waals surface area contributed by atoms with Crippen molar-refractivity contribution in [3.8, 4) is 6.07 Å². The third-order valence-corrected chi connectivity index (χ3v) is 3.10. The normalized spacial score (nSPS) is 51.2. The summed E-state index contributed by atoms with van der Waals surface area (Å²) in [6.07, 6.45) is 4.66. The number of nitrogens with zero attached hydrogens (tertiary/aromatic N) is 1. The molecule has 0 aromatic heterocycles. The first-order valence-corrected chi connectivity index (χ1v) is 3.95. The molecule has 3 atom stereocenters. The molecule has 2 saturated carbocycles. The van der Waals surface area contributed by atoms with Crippen LogP contribution >= 0.6 is 0 Å². The lowest BCUT2D eigenvalue weighted by Gasteiger charge is -2.25. The van der Waals surface area contributed by atoms with Crippen molar-refractivity contribution < 1.29 is 0 Å². The van der Waals surface area contributed by atoms with E-state index in [2.05, 4.69) is 6.07 Å². The van der Waals surface area contributed by atoms with Crippen molar-refractivity contribution in [1.29, 1.82) is 5.26 Å². The Labute approximate surface area is 61.0 Å². The first-order chi connectivity index (χ1) is 4.74. The van der Waals surface area contributed by atoms with Crippen LogP contribution in [0.3, 0.4) is 0 Å². The maximum absolute atomic E-state index is 8.77. The van der Waals surface area contributed by atoms with Gasteiger partial charge in [-0.3, -0.25) is 0 Å². The Morgan fingerprint density at radius 1 is 1.50 bits per heavy atom. The smallest absolute Gasteiger partial charge is 0.107 e. The highest BCUT2D eigenvalue weighted by molar-refractivity contribution is 5.16. The first kappa shape index (κ1) is 6.18. The van der Waals surface area contributed by atoms with Gasteiger partial charge in [-0.15, -0.1) is 0 Å². The average molecular weight is 136 g/mol. The van der Waals surface area contributed by atoms with Gasteiger partial charge in [0.25, 0.3) is 0 Å². The fourth-order valence-electron chi connectivity index (χ4n) is 2.51. The van der Waals surface area contributed by atoms with Crippen LogP contribution in [0, 0.1) is 23.2 Å². The summed E-state index contributed by atoms with van der Waals surface area (Å²) in [5, 5.41) is 8.77. The molecule has 2 aliphatic rings. The van der Waals surface area contributed by atoms with E-state index in [0.29, 0.717) is 5.92 Å². The number of fused-ring (bicyclic) bond motifs is 2. The predicted octanol–water partition coefficient (Wildman–Crippen LogP) is 1.03. The lowest BCUT2D eigenvalue weighted by atomic mass is 9.83. The average Bonchev–Trinajstić information content (AvgIpc) is 2.46. The van der Waals surface area contributed by atoms with E-state index in [1.165, 1.54) is 19.3 Å². The van der Waals surface area contributed by atoms with Gasteiger partial charge in [0.15, 0.2) is 0 Å². The standard InChI is InChI=1S/C8H12N2/c9-5-8(10)4-6-1-2-7(8)3-6/h6-7H,1-4,10H2. The van der Waals surface area contributed by atoms with Gasteiger partial charge in [0.2, 0.25) is 0 Å². The van der Waals surface area contributed by atoms with Crippen LogP contribution in [0.25, 0.3) is 0 Å². The number of nitrogens with two attached hydrogens (primary N) is 1. The summed E-state index contributed by atoms with van der Waals surface area (Å²) < 4.78 is 0. The van der Waals surface area contributed by atoms with Gasteiger partial charge in [-0.2, -0.15) is 5.26 Å². The third-order valence-electron chi connectivity index (χ3n) is 3.10. The summed E-state index contributed by atoms with van der Waals surface area (Å²) in [6, 6.07) is 2.25. The molecule has 0 amide bonds. The Morgan fingerprint density at radius 3 is 2.60 bits per heavy atom. The molecule has 2 aliphatic carbocycles.